The molecule has 0 spiro atoms. The summed E-state index contributed by atoms with van der Waals surface area (Å²) in [7, 11) is 0. The Morgan fingerprint density at radius 1 is 0.821 bits per heavy atom. The average Bonchev–Trinajstić information content (AvgIpc) is 2.99. The van der Waals surface area contributed by atoms with E-state index in [0.717, 1.165) is 17.5 Å². The highest BCUT2D eigenvalue weighted by Gasteiger charge is 2.20. The Hall–Kier alpha value is -3.15. The zero-order valence-electron chi connectivity index (χ0n) is 16.1. The highest BCUT2D eigenvalue weighted by atomic mass is 16.2. The van der Waals surface area contributed by atoms with Crippen LogP contribution in [0, 0.1) is 0 Å². The van der Waals surface area contributed by atoms with Crippen molar-refractivity contribution in [3.8, 4) is 11.1 Å². The number of hydrogen-bond donors (Lipinski definition) is 1. The maximum absolute atomic E-state index is 12.4. The SMILES string of the molecule is CC(=O)N1CCCN(C(=O)CNC(=O)c2ccc(-c3ccccc3)cc2)CC1. The summed E-state index contributed by atoms with van der Waals surface area (Å²) in [6.45, 7) is 3.81. The van der Waals surface area contributed by atoms with E-state index in [9.17, 15) is 14.4 Å². The van der Waals surface area contributed by atoms with E-state index in [4.69, 9.17) is 0 Å². The molecule has 1 fully saturated rings. The summed E-state index contributed by atoms with van der Waals surface area (Å²) in [4.78, 5) is 39.7. The van der Waals surface area contributed by atoms with Crippen LogP contribution in [0.4, 0.5) is 0 Å². The Morgan fingerprint density at radius 3 is 2.11 bits per heavy atom. The lowest BCUT2D eigenvalue weighted by molar-refractivity contribution is -0.131. The highest BCUT2D eigenvalue weighted by Crippen LogP contribution is 2.19. The molecule has 0 unspecified atom stereocenters. The van der Waals surface area contributed by atoms with E-state index in [1.807, 2.05) is 42.5 Å². The van der Waals surface area contributed by atoms with Crippen LogP contribution in [-0.4, -0.2) is 60.2 Å². The van der Waals surface area contributed by atoms with Crippen molar-refractivity contribution < 1.29 is 14.4 Å². The van der Waals surface area contributed by atoms with Crippen molar-refractivity contribution in [3.63, 3.8) is 0 Å². The molecule has 6 heteroatoms. The van der Waals surface area contributed by atoms with Gasteiger partial charge in [-0.1, -0.05) is 42.5 Å². The number of amides is 3. The molecule has 6 nitrogen and oxygen atoms in total. The third-order valence-corrected chi connectivity index (χ3v) is 4.95. The van der Waals surface area contributed by atoms with Gasteiger partial charge in [0.1, 0.15) is 0 Å². The quantitative estimate of drug-likeness (QED) is 0.885. The molecule has 0 bridgehead atoms. The third kappa shape index (κ3) is 4.97. The van der Waals surface area contributed by atoms with Crippen LogP contribution >= 0.6 is 0 Å². The summed E-state index contributed by atoms with van der Waals surface area (Å²) in [6, 6.07) is 17.3. The number of nitrogens with zero attached hydrogens (tertiary/aromatic N) is 2. The minimum atomic E-state index is -0.270. The molecule has 3 rings (SSSR count). The molecule has 0 saturated carbocycles. The van der Waals surface area contributed by atoms with E-state index < -0.39 is 0 Å². The molecule has 0 atom stereocenters. The van der Waals surface area contributed by atoms with Crippen molar-refractivity contribution in [2.75, 3.05) is 32.7 Å². The molecule has 2 aromatic rings. The van der Waals surface area contributed by atoms with Crippen LogP contribution in [0.1, 0.15) is 23.7 Å². The monoisotopic (exact) mass is 379 g/mol. The Kier molecular flexibility index (Phi) is 6.42. The molecule has 3 amide bonds. The van der Waals surface area contributed by atoms with Gasteiger partial charge in [0, 0.05) is 38.7 Å². The van der Waals surface area contributed by atoms with Gasteiger partial charge in [-0.25, -0.2) is 0 Å². The van der Waals surface area contributed by atoms with Gasteiger partial charge in [-0.3, -0.25) is 14.4 Å². The fraction of sp³-hybridized carbons (Fsp3) is 0.318. The van der Waals surface area contributed by atoms with Crippen molar-refractivity contribution in [2.24, 2.45) is 0 Å². The number of nitrogens with one attached hydrogen (secondary N) is 1. The number of hydrogen-bond acceptors (Lipinski definition) is 3. The van der Waals surface area contributed by atoms with Crippen LogP contribution in [0.3, 0.4) is 0 Å². The Morgan fingerprint density at radius 2 is 1.43 bits per heavy atom. The highest BCUT2D eigenvalue weighted by molar-refractivity contribution is 5.96. The summed E-state index contributed by atoms with van der Waals surface area (Å²) in [5, 5.41) is 2.70. The molecule has 0 radical (unpaired) electrons. The first-order valence-corrected chi connectivity index (χ1v) is 9.51. The van der Waals surface area contributed by atoms with E-state index in [1.54, 1.807) is 28.9 Å². The van der Waals surface area contributed by atoms with Gasteiger partial charge in [0.05, 0.1) is 6.54 Å². The maximum Gasteiger partial charge on any atom is 0.251 e. The predicted octanol–water partition coefficient (Wildman–Crippen LogP) is 2.16. The van der Waals surface area contributed by atoms with Crippen molar-refractivity contribution >= 4 is 17.7 Å². The third-order valence-electron chi connectivity index (χ3n) is 4.95. The van der Waals surface area contributed by atoms with Gasteiger partial charge in [0.25, 0.3) is 5.91 Å². The zero-order chi connectivity index (χ0) is 19.9. The number of carbonyl (C=O) groups is 3. The molecule has 1 aliphatic heterocycles. The van der Waals surface area contributed by atoms with Gasteiger partial charge in [-0.2, -0.15) is 0 Å². The maximum atomic E-state index is 12.4. The Balaban J connectivity index is 1.52. The number of rotatable bonds is 4. The second kappa shape index (κ2) is 9.17. The molecule has 0 aromatic heterocycles. The fourth-order valence-electron chi connectivity index (χ4n) is 3.30. The van der Waals surface area contributed by atoms with E-state index in [0.29, 0.717) is 31.7 Å². The fourth-order valence-corrected chi connectivity index (χ4v) is 3.30. The molecule has 1 saturated heterocycles. The minimum Gasteiger partial charge on any atom is -0.343 e. The predicted molar refractivity (Wildman–Crippen MR) is 108 cm³/mol. The van der Waals surface area contributed by atoms with Gasteiger partial charge < -0.3 is 15.1 Å². The molecule has 1 aliphatic rings. The molecule has 28 heavy (non-hydrogen) atoms. The molecule has 2 aromatic carbocycles. The summed E-state index contributed by atoms with van der Waals surface area (Å²) in [5.41, 5.74) is 2.64. The van der Waals surface area contributed by atoms with Crippen LogP contribution < -0.4 is 5.32 Å². The van der Waals surface area contributed by atoms with Gasteiger partial charge in [-0.15, -0.1) is 0 Å². The summed E-state index contributed by atoms with van der Waals surface area (Å²) in [5.74, 6) is -0.366. The average molecular weight is 379 g/mol. The molecule has 146 valence electrons. The smallest absolute Gasteiger partial charge is 0.251 e. The van der Waals surface area contributed by atoms with Crippen molar-refractivity contribution in [1.29, 1.82) is 0 Å². The first-order chi connectivity index (χ1) is 13.5. The topological polar surface area (TPSA) is 69.7 Å². The van der Waals surface area contributed by atoms with E-state index in [1.165, 1.54) is 0 Å². The summed E-state index contributed by atoms with van der Waals surface area (Å²) in [6.07, 6.45) is 0.750. The van der Waals surface area contributed by atoms with Crippen LogP contribution in [0.15, 0.2) is 54.6 Å². The lowest BCUT2D eigenvalue weighted by Crippen LogP contribution is -2.42. The van der Waals surface area contributed by atoms with Gasteiger partial charge in [0.2, 0.25) is 11.8 Å². The van der Waals surface area contributed by atoms with Gasteiger partial charge in [-0.05, 0) is 29.7 Å². The second-order valence-corrected chi connectivity index (χ2v) is 6.87. The Bertz CT molecular complexity index is 834. The van der Waals surface area contributed by atoms with Gasteiger partial charge in [0.15, 0.2) is 0 Å². The Labute approximate surface area is 165 Å². The summed E-state index contributed by atoms with van der Waals surface area (Å²) < 4.78 is 0. The largest absolute Gasteiger partial charge is 0.343 e. The van der Waals surface area contributed by atoms with Crippen molar-refractivity contribution in [3.05, 3.63) is 60.2 Å². The lowest BCUT2D eigenvalue weighted by atomic mass is 10.0. The number of carbonyl (C=O) groups excluding carboxylic acids is 3. The normalized spacial score (nSPS) is 14.3. The summed E-state index contributed by atoms with van der Waals surface area (Å²) >= 11 is 0. The lowest BCUT2D eigenvalue weighted by Gasteiger charge is -2.21. The first-order valence-electron chi connectivity index (χ1n) is 9.51. The van der Waals surface area contributed by atoms with Gasteiger partial charge >= 0.3 is 0 Å². The molecular formula is C22H25N3O3. The van der Waals surface area contributed by atoms with Crippen LogP contribution in [-0.2, 0) is 9.59 Å². The second-order valence-electron chi connectivity index (χ2n) is 6.87. The molecule has 1 heterocycles. The van der Waals surface area contributed by atoms with Crippen LogP contribution in [0.25, 0.3) is 11.1 Å². The first kappa shape index (κ1) is 19.6. The van der Waals surface area contributed by atoms with E-state index in [-0.39, 0.29) is 24.3 Å². The standard InChI is InChI=1S/C22H25N3O3/c1-17(26)24-12-5-13-25(15-14-24)21(27)16-23-22(28)20-10-8-19(9-11-20)18-6-3-2-4-7-18/h2-4,6-11H,5,12-16H2,1H3,(H,23,28). The molecule has 0 aliphatic carbocycles. The van der Waals surface area contributed by atoms with Crippen molar-refractivity contribution in [2.45, 2.75) is 13.3 Å². The van der Waals surface area contributed by atoms with Crippen molar-refractivity contribution in [1.82, 2.24) is 15.1 Å². The van der Waals surface area contributed by atoms with E-state index in [2.05, 4.69) is 5.32 Å². The molecule has 1 N–H and O–H groups in total. The minimum absolute atomic E-state index is 0.0292. The van der Waals surface area contributed by atoms with E-state index >= 15 is 0 Å². The zero-order valence-corrected chi connectivity index (χ0v) is 16.1. The van der Waals surface area contributed by atoms with Crippen LogP contribution in [0.2, 0.25) is 0 Å². The van der Waals surface area contributed by atoms with Crippen LogP contribution in [0.5, 0.6) is 0 Å². The molecular weight excluding hydrogens is 354 g/mol. The number of benzene rings is 2.